The van der Waals surface area contributed by atoms with E-state index in [1.54, 1.807) is 24.3 Å². The summed E-state index contributed by atoms with van der Waals surface area (Å²) >= 11 is 0. The first kappa shape index (κ1) is 22.6. The molecule has 12 heteroatoms. The molecule has 4 heterocycles. The number of H-pyrrole nitrogens is 2. The van der Waals surface area contributed by atoms with Crippen LogP contribution in [0.25, 0.3) is 10.9 Å². The Hall–Kier alpha value is -4.19. The van der Waals surface area contributed by atoms with Crippen molar-refractivity contribution in [1.82, 2.24) is 30.0 Å². The molecule has 1 aromatic carbocycles. The van der Waals surface area contributed by atoms with Crippen molar-refractivity contribution in [2.24, 2.45) is 5.73 Å². The molecule has 3 aromatic heterocycles. The molecule has 1 fully saturated rings. The van der Waals surface area contributed by atoms with Crippen molar-refractivity contribution in [3.05, 3.63) is 47.5 Å². The lowest BCUT2D eigenvalue weighted by Crippen LogP contribution is -2.49. The maximum atomic E-state index is 15.1. The molecule has 1 aliphatic rings. The first-order valence-corrected chi connectivity index (χ1v) is 11.2. The lowest BCUT2D eigenvalue weighted by Gasteiger charge is -2.34. The van der Waals surface area contributed by atoms with E-state index in [-0.39, 0.29) is 24.2 Å². The Kier molecular flexibility index (Phi) is 5.95. The molecule has 0 radical (unpaired) electrons. The van der Waals surface area contributed by atoms with E-state index < -0.39 is 5.82 Å². The second kappa shape index (κ2) is 9.22. The van der Waals surface area contributed by atoms with Crippen molar-refractivity contribution < 1.29 is 13.9 Å². The van der Waals surface area contributed by atoms with E-state index in [9.17, 15) is 4.79 Å². The van der Waals surface area contributed by atoms with Gasteiger partial charge in [0.1, 0.15) is 11.6 Å². The summed E-state index contributed by atoms with van der Waals surface area (Å²) in [7, 11) is 0. The number of nitrogens with one attached hydrogen (secondary N) is 3. The Morgan fingerprint density at radius 1 is 1.11 bits per heavy atom. The number of hydrogen-bond acceptors (Lipinski definition) is 8. The third kappa shape index (κ3) is 5.01. The van der Waals surface area contributed by atoms with E-state index in [1.165, 1.54) is 0 Å². The van der Waals surface area contributed by atoms with E-state index in [0.29, 0.717) is 54.5 Å². The van der Waals surface area contributed by atoms with Crippen LogP contribution in [0.1, 0.15) is 11.4 Å². The number of fused-ring (bicyclic) bond motifs is 1. The van der Waals surface area contributed by atoms with E-state index in [4.69, 9.17) is 10.5 Å². The fraction of sp³-hybridized carbons (Fsp3) is 0.304. The van der Waals surface area contributed by atoms with Crippen molar-refractivity contribution in [3.63, 3.8) is 0 Å². The maximum absolute atomic E-state index is 15.1. The number of ether oxygens (including phenoxy) is 1. The predicted octanol–water partition coefficient (Wildman–Crippen LogP) is 2.58. The molecule has 1 aliphatic heterocycles. The number of carbonyl (C=O) groups excluding carboxylic acids is 1. The average Bonchev–Trinajstić information content (AvgIpc) is 3.40. The number of aromatic nitrogens is 5. The quantitative estimate of drug-likeness (QED) is 0.317. The second-order valence-corrected chi connectivity index (χ2v) is 8.58. The number of carbonyl (C=O) groups is 1. The molecule has 0 unspecified atom stereocenters. The molecule has 4 aromatic rings. The van der Waals surface area contributed by atoms with Gasteiger partial charge in [0.2, 0.25) is 5.91 Å². The summed E-state index contributed by atoms with van der Waals surface area (Å²) < 4.78 is 21.0. The van der Waals surface area contributed by atoms with Crippen molar-refractivity contribution in [2.45, 2.75) is 13.8 Å². The summed E-state index contributed by atoms with van der Waals surface area (Å²) in [6.07, 6.45) is 0. The van der Waals surface area contributed by atoms with Crippen molar-refractivity contribution in [3.8, 4) is 11.8 Å². The Morgan fingerprint density at radius 2 is 1.91 bits per heavy atom. The second-order valence-electron chi connectivity index (χ2n) is 8.58. The summed E-state index contributed by atoms with van der Waals surface area (Å²) in [6.45, 7) is 6.56. The lowest BCUT2D eigenvalue weighted by molar-refractivity contribution is -0.119. The highest BCUT2D eigenvalue weighted by Crippen LogP contribution is 2.31. The topological polar surface area (TPSA) is 141 Å². The van der Waals surface area contributed by atoms with Crippen LogP contribution in [0.15, 0.2) is 30.3 Å². The highest BCUT2D eigenvalue weighted by Gasteiger charge is 2.22. The molecule has 0 saturated carbocycles. The van der Waals surface area contributed by atoms with Crippen molar-refractivity contribution in [2.75, 3.05) is 42.9 Å². The fourth-order valence-corrected chi connectivity index (χ4v) is 4.12. The minimum atomic E-state index is -0.488. The molecule has 1 amide bonds. The van der Waals surface area contributed by atoms with Gasteiger partial charge in [-0.25, -0.2) is 4.39 Å². The third-order valence-corrected chi connectivity index (χ3v) is 5.77. The summed E-state index contributed by atoms with van der Waals surface area (Å²) in [5.41, 5.74) is 7.75. The zero-order chi connectivity index (χ0) is 24.5. The molecular weight excluding hydrogens is 453 g/mol. The minimum Gasteiger partial charge on any atom is -0.421 e. The SMILES string of the molecule is Cc1cc(Nc2cc(N3CCN(CC(N)=O)CC3)nc(Oc3ccc4[nH]c(C)cc4c3F)n2)n[nH]1. The van der Waals surface area contributed by atoms with Gasteiger partial charge < -0.3 is 25.7 Å². The third-order valence-electron chi connectivity index (χ3n) is 5.77. The van der Waals surface area contributed by atoms with Crippen LogP contribution in [0.2, 0.25) is 0 Å². The van der Waals surface area contributed by atoms with Crippen LogP contribution in [-0.2, 0) is 4.79 Å². The number of benzene rings is 1. The van der Waals surface area contributed by atoms with E-state index >= 15 is 4.39 Å². The number of nitrogens with two attached hydrogens (primary N) is 1. The molecule has 0 aliphatic carbocycles. The van der Waals surface area contributed by atoms with Crippen LogP contribution >= 0.6 is 0 Å². The smallest absolute Gasteiger partial charge is 0.326 e. The van der Waals surface area contributed by atoms with Gasteiger partial charge in [0.05, 0.1) is 6.54 Å². The van der Waals surface area contributed by atoms with Gasteiger partial charge in [-0.3, -0.25) is 14.8 Å². The normalized spacial score (nSPS) is 14.4. The minimum absolute atomic E-state index is 0.00216. The van der Waals surface area contributed by atoms with Crippen LogP contribution in [0.3, 0.4) is 0 Å². The number of hydrogen-bond donors (Lipinski definition) is 4. The molecule has 0 bridgehead atoms. The van der Waals surface area contributed by atoms with E-state index in [0.717, 1.165) is 11.4 Å². The molecular formula is C23H26FN9O2. The van der Waals surface area contributed by atoms with Gasteiger partial charge in [-0.15, -0.1) is 0 Å². The van der Waals surface area contributed by atoms with E-state index in [2.05, 4.69) is 35.4 Å². The van der Waals surface area contributed by atoms with Gasteiger partial charge in [-0.2, -0.15) is 15.1 Å². The monoisotopic (exact) mass is 479 g/mol. The summed E-state index contributed by atoms with van der Waals surface area (Å²) in [6, 6.07) is 8.67. The molecule has 5 rings (SSSR count). The Morgan fingerprint density at radius 3 is 2.63 bits per heavy atom. The number of amides is 1. The molecule has 0 atom stereocenters. The van der Waals surface area contributed by atoms with Crippen LogP contribution in [0, 0.1) is 19.7 Å². The van der Waals surface area contributed by atoms with Crippen LogP contribution in [-0.4, -0.2) is 68.7 Å². The van der Waals surface area contributed by atoms with Gasteiger partial charge in [0, 0.05) is 60.6 Å². The largest absolute Gasteiger partial charge is 0.421 e. The highest BCUT2D eigenvalue weighted by atomic mass is 19.1. The predicted molar refractivity (Wildman–Crippen MR) is 130 cm³/mol. The molecule has 11 nitrogen and oxygen atoms in total. The number of aromatic amines is 2. The summed E-state index contributed by atoms with van der Waals surface area (Å²) in [5, 5.41) is 10.6. The number of primary amides is 1. The Balaban J connectivity index is 1.44. The van der Waals surface area contributed by atoms with Gasteiger partial charge in [0.15, 0.2) is 17.4 Å². The zero-order valence-electron chi connectivity index (χ0n) is 19.4. The van der Waals surface area contributed by atoms with E-state index in [1.807, 2.05) is 24.8 Å². The van der Waals surface area contributed by atoms with Crippen molar-refractivity contribution >= 4 is 34.3 Å². The van der Waals surface area contributed by atoms with Crippen LogP contribution < -0.4 is 20.7 Å². The summed E-state index contributed by atoms with van der Waals surface area (Å²) in [5.74, 6) is 0.839. The number of piperazine rings is 1. The summed E-state index contributed by atoms with van der Waals surface area (Å²) in [4.78, 5) is 27.4. The molecule has 35 heavy (non-hydrogen) atoms. The number of halogens is 1. The first-order chi connectivity index (χ1) is 16.8. The number of nitrogens with zero attached hydrogens (tertiary/aromatic N) is 5. The Labute approximate surface area is 200 Å². The molecule has 1 saturated heterocycles. The van der Waals surface area contributed by atoms with Crippen molar-refractivity contribution in [1.29, 1.82) is 0 Å². The Bertz CT molecular complexity index is 1370. The van der Waals surface area contributed by atoms with Crippen LogP contribution in [0.4, 0.5) is 21.8 Å². The van der Waals surface area contributed by atoms with Gasteiger partial charge >= 0.3 is 6.01 Å². The zero-order valence-corrected chi connectivity index (χ0v) is 19.4. The maximum Gasteiger partial charge on any atom is 0.326 e. The van der Waals surface area contributed by atoms with Gasteiger partial charge in [0.25, 0.3) is 0 Å². The number of rotatable bonds is 7. The number of aryl methyl sites for hydroxylation is 2. The molecule has 0 spiro atoms. The van der Waals surface area contributed by atoms with Crippen LogP contribution in [0.5, 0.6) is 11.8 Å². The van der Waals surface area contributed by atoms with Gasteiger partial charge in [-0.05, 0) is 32.0 Å². The first-order valence-electron chi connectivity index (χ1n) is 11.2. The lowest BCUT2D eigenvalue weighted by atomic mass is 10.2. The highest BCUT2D eigenvalue weighted by molar-refractivity contribution is 5.82. The molecule has 182 valence electrons. The number of anilines is 3. The fourth-order valence-electron chi connectivity index (χ4n) is 4.12. The molecule has 5 N–H and O–H groups in total. The van der Waals surface area contributed by atoms with Gasteiger partial charge in [-0.1, -0.05) is 0 Å². The average molecular weight is 480 g/mol. The standard InChI is InChI=1S/C23H26FN9O2/c1-13-9-15-16(26-13)3-4-17(22(15)24)35-23-28-19(27-20-10-14(2)30-31-20)11-21(29-23)33-7-5-32(6-8-33)12-18(25)34/h3-4,9-11,26H,5-8,12H2,1-2H3,(H2,25,34)(H2,27,28,29,30,31).